The third-order valence-corrected chi connectivity index (χ3v) is 5.24. The van der Waals surface area contributed by atoms with Crippen molar-refractivity contribution in [3.63, 3.8) is 0 Å². The van der Waals surface area contributed by atoms with Gasteiger partial charge in [0.15, 0.2) is 17.3 Å². The van der Waals surface area contributed by atoms with Crippen LogP contribution >= 0.6 is 23.2 Å². The van der Waals surface area contributed by atoms with Crippen LogP contribution in [-0.4, -0.2) is 37.7 Å². The van der Waals surface area contributed by atoms with E-state index in [0.29, 0.717) is 41.4 Å². The molecule has 1 amide bonds. The molecule has 3 rings (SSSR count). The molecule has 0 radical (unpaired) electrons. The molecule has 0 spiro atoms. The molecule has 2 aromatic carbocycles. The number of ether oxygens (including phenoxy) is 4. The molecule has 172 valence electrons. The normalized spacial score (nSPS) is 15.5. The molecule has 0 bridgehead atoms. The number of halogens is 2. The standard InChI is InChI=1S/C23H26Cl2N2O5/c1-3-29-21-11-16(14-26-27-22(28)13-23(2)31-9-4-10-32-23)5-8-20(21)30-15-17-6-7-18(24)12-19(17)25/h5-8,11-12,14H,3-4,9-10,13,15H2,1-2H3,(H,27,28)/b26-14-. The minimum Gasteiger partial charge on any atom is -0.490 e. The molecule has 32 heavy (non-hydrogen) atoms. The van der Waals surface area contributed by atoms with Gasteiger partial charge in [-0.1, -0.05) is 29.3 Å². The topological polar surface area (TPSA) is 78.4 Å². The lowest BCUT2D eigenvalue weighted by atomic mass is 10.2. The number of benzene rings is 2. The predicted molar refractivity (Wildman–Crippen MR) is 124 cm³/mol. The van der Waals surface area contributed by atoms with Crippen LogP contribution in [0.25, 0.3) is 0 Å². The van der Waals surface area contributed by atoms with Crippen molar-refractivity contribution in [2.24, 2.45) is 5.10 Å². The van der Waals surface area contributed by atoms with Crippen LogP contribution in [0.15, 0.2) is 41.5 Å². The smallest absolute Gasteiger partial charge is 0.245 e. The number of rotatable bonds is 9. The summed E-state index contributed by atoms with van der Waals surface area (Å²) < 4.78 is 22.7. The highest BCUT2D eigenvalue weighted by molar-refractivity contribution is 6.35. The Kier molecular flexibility index (Phi) is 8.75. The van der Waals surface area contributed by atoms with Gasteiger partial charge in [0.2, 0.25) is 5.91 Å². The van der Waals surface area contributed by atoms with E-state index in [-0.39, 0.29) is 18.9 Å². The van der Waals surface area contributed by atoms with E-state index >= 15 is 0 Å². The summed E-state index contributed by atoms with van der Waals surface area (Å²) in [5.74, 6) is -0.0789. The summed E-state index contributed by atoms with van der Waals surface area (Å²) in [6.45, 7) is 5.52. The Labute approximate surface area is 197 Å². The molecule has 0 aliphatic carbocycles. The molecule has 1 aliphatic rings. The van der Waals surface area contributed by atoms with E-state index in [1.165, 1.54) is 6.21 Å². The Morgan fingerprint density at radius 3 is 2.66 bits per heavy atom. The van der Waals surface area contributed by atoms with Crippen LogP contribution in [0.3, 0.4) is 0 Å². The minimum absolute atomic E-state index is 0.0641. The second-order valence-corrected chi connectivity index (χ2v) is 8.16. The van der Waals surface area contributed by atoms with Gasteiger partial charge in [-0.2, -0.15) is 5.10 Å². The molecule has 0 unspecified atom stereocenters. The highest BCUT2D eigenvalue weighted by Gasteiger charge is 2.31. The van der Waals surface area contributed by atoms with Crippen LogP contribution in [-0.2, 0) is 20.9 Å². The van der Waals surface area contributed by atoms with E-state index in [1.54, 1.807) is 31.2 Å². The monoisotopic (exact) mass is 480 g/mol. The maximum Gasteiger partial charge on any atom is 0.245 e. The van der Waals surface area contributed by atoms with E-state index in [9.17, 15) is 4.79 Å². The van der Waals surface area contributed by atoms with Crippen molar-refractivity contribution in [2.75, 3.05) is 19.8 Å². The molecule has 9 heteroatoms. The third-order valence-electron chi connectivity index (χ3n) is 4.65. The first-order valence-corrected chi connectivity index (χ1v) is 11.1. The molecule has 0 atom stereocenters. The molecular weight excluding hydrogens is 455 g/mol. The Hall–Kier alpha value is -2.32. The average molecular weight is 481 g/mol. The second kappa shape index (κ2) is 11.5. The summed E-state index contributed by atoms with van der Waals surface area (Å²) in [7, 11) is 0. The Balaban J connectivity index is 1.60. The number of amides is 1. The zero-order chi connectivity index (χ0) is 23.0. The summed E-state index contributed by atoms with van der Waals surface area (Å²) in [5, 5.41) is 5.12. The Morgan fingerprint density at radius 2 is 1.94 bits per heavy atom. The van der Waals surface area contributed by atoms with Gasteiger partial charge in [0.05, 0.1) is 32.5 Å². The first-order chi connectivity index (χ1) is 15.4. The van der Waals surface area contributed by atoms with Gasteiger partial charge in [0, 0.05) is 15.6 Å². The van der Waals surface area contributed by atoms with Crippen molar-refractivity contribution in [1.82, 2.24) is 5.43 Å². The molecule has 2 aromatic rings. The van der Waals surface area contributed by atoms with Crippen molar-refractivity contribution in [3.05, 3.63) is 57.6 Å². The van der Waals surface area contributed by atoms with Crippen molar-refractivity contribution in [2.45, 2.75) is 39.1 Å². The maximum absolute atomic E-state index is 12.2. The van der Waals surface area contributed by atoms with Crippen molar-refractivity contribution >= 4 is 35.3 Å². The zero-order valence-electron chi connectivity index (χ0n) is 18.0. The minimum atomic E-state index is -0.911. The number of hydrogen-bond donors (Lipinski definition) is 1. The van der Waals surface area contributed by atoms with Gasteiger partial charge >= 0.3 is 0 Å². The highest BCUT2D eigenvalue weighted by Crippen LogP contribution is 2.30. The zero-order valence-corrected chi connectivity index (χ0v) is 19.5. The lowest BCUT2D eigenvalue weighted by Crippen LogP contribution is -2.41. The van der Waals surface area contributed by atoms with Gasteiger partial charge in [-0.05, 0) is 56.2 Å². The van der Waals surface area contributed by atoms with E-state index in [0.717, 1.165) is 17.5 Å². The second-order valence-electron chi connectivity index (χ2n) is 7.32. The van der Waals surface area contributed by atoms with Crippen LogP contribution in [0.2, 0.25) is 10.0 Å². The number of carbonyl (C=O) groups is 1. The number of hydrogen-bond acceptors (Lipinski definition) is 6. The van der Waals surface area contributed by atoms with Gasteiger partial charge in [0.1, 0.15) is 6.61 Å². The third kappa shape index (κ3) is 7.10. The predicted octanol–water partition coefficient (Wildman–Crippen LogP) is 4.96. The number of nitrogens with one attached hydrogen (secondary N) is 1. The number of carbonyl (C=O) groups excluding carboxylic acids is 1. The quantitative estimate of drug-likeness (QED) is 0.405. The fourth-order valence-corrected chi connectivity index (χ4v) is 3.54. The van der Waals surface area contributed by atoms with E-state index < -0.39 is 5.79 Å². The number of hydrazone groups is 1. The summed E-state index contributed by atoms with van der Waals surface area (Å²) in [6.07, 6.45) is 2.42. The lowest BCUT2D eigenvalue weighted by Gasteiger charge is -2.33. The van der Waals surface area contributed by atoms with E-state index in [2.05, 4.69) is 10.5 Å². The van der Waals surface area contributed by atoms with Crippen LogP contribution in [0.4, 0.5) is 0 Å². The van der Waals surface area contributed by atoms with Crippen LogP contribution < -0.4 is 14.9 Å². The van der Waals surface area contributed by atoms with E-state index in [1.807, 2.05) is 19.1 Å². The largest absolute Gasteiger partial charge is 0.490 e. The maximum atomic E-state index is 12.2. The summed E-state index contributed by atoms with van der Waals surface area (Å²) in [5.41, 5.74) is 4.05. The van der Waals surface area contributed by atoms with Gasteiger partial charge in [-0.3, -0.25) is 4.79 Å². The molecule has 1 aliphatic heterocycles. The average Bonchev–Trinajstić information content (AvgIpc) is 2.74. The molecule has 0 saturated carbocycles. The first-order valence-electron chi connectivity index (χ1n) is 10.3. The van der Waals surface area contributed by atoms with Gasteiger partial charge in [-0.15, -0.1) is 0 Å². The molecule has 1 heterocycles. The molecule has 1 N–H and O–H groups in total. The molecule has 0 aromatic heterocycles. The highest BCUT2D eigenvalue weighted by atomic mass is 35.5. The fraction of sp³-hybridized carbons (Fsp3) is 0.391. The van der Waals surface area contributed by atoms with Gasteiger partial charge < -0.3 is 18.9 Å². The Morgan fingerprint density at radius 1 is 1.16 bits per heavy atom. The van der Waals surface area contributed by atoms with Gasteiger partial charge in [-0.25, -0.2) is 5.43 Å². The van der Waals surface area contributed by atoms with Crippen molar-refractivity contribution < 1.29 is 23.7 Å². The SMILES string of the molecule is CCOc1cc(/C=N\NC(=O)CC2(C)OCCCO2)ccc1OCc1ccc(Cl)cc1Cl. The van der Waals surface area contributed by atoms with Crippen LogP contribution in [0.1, 0.15) is 37.8 Å². The van der Waals surface area contributed by atoms with Crippen LogP contribution in [0.5, 0.6) is 11.5 Å². The Bertz CT molecular complexity index is 961. The summed E-state index contributed by atoms with van der Waals surface area (Å²) in [4.78, 5) is 12.2. The lowest BCUT2D eigenvalue weighted by molar-refractivity contribution is -0.256. The molecule has 1 saturated heterocycles. The number of nitrogens with zero attached hydrogens (tertiary/aromatic N) is 1. The molecular formula is C23H26Cl2N2O5. The fourth-order valence-electron chi connectivity index (χ4n) is 3.08. The summed E-state index contributed by atoms with van der Waals surface area (Å²) in [6, 6.07) is 10.6. The van der Waals surface area contributed by atoms with Crippen molar-refractivity contribution in [3.8, 4) is 11.5 Å². The van der Waals surface area contributed by atoms with Crippen molar-refractivity contribution in [1.29, 1.82) is 0 Å². The van der Waals surface area contributed by atoms with Gasteiger partial charge in [0.25, 0.3) is 0 Å². The van der Waals surface area contributed by atoms with E-state index in [4.69, 9.17) is 42.1 Å². The van der Waals surface area contributed by atoms with Crippen LogP contribution in [0, 0.1) is 0 Å². The first kappa shape index (κ1) is 24.3. The molecule has 1 fully saturated rings. The molecule has 7 nitrogen and oxygen atoms in total. The summed E-state index contributed by atoms with van der Waals surface area (Å²) >= 11 is 12.2.